The van der Waals surface area contributed by atoms with Gasteiger partial charge in [-0.25, -0.2) is 5.26 Å². The molecule has 2 heterocycles. The number of likely N-dealkylation sites (tertiary alicyclic amines) is 1. The number of piperidine rings is 1. The Morgan fingerprint density at radius 3 is 2.85 bits per heavy atom. The first-order valence-electron chi connectivity index (χ1n) is 8.66. The number of nitrogens with zero attached hydrogens (tertiary/aromatic N) is 1. The number of hydrogen-bond acceptors (Lipinski definition) is 6. The first-order valence-corrected chi connectivity index (χ1v) is 8.66. The van der Waals surface area contributed by atoms with Crippen LogP contribution in [-0.2, 0) is 21.4 Å². The van der Waals surface area contributed by atoms with Crippen LogP contribution in [0.2, 0.25) is 0 Å². The fraction of sp³-hybridized carbons (Fsp3) is 0.474. The number of benzene rings is 1. The normalized spacial score (nSPS) is 32.9. The molecule has 2 N–H and O–H groups in total. The summed E-state index contributed by atoms with van der Waals surface area (Å²) in [6, 6.07) is 4.13. The summed E-state index contributed by atoms with van der Waals surface area (Å²) >= 11 is 0. The van der Waals surface area contributed by atoms with E-state index in [0.717, 1.165) is 31.9 Å². The van der Waals surface area contributed by atoms with Crippen molar-refractivity contribution < 1.29 is 29.6 Å². The highest BCUT2D eigenvalue weighted by Crippen LogP contribution is 2.61. The van der Waals surface area contributed by atoms with Gasteiger partial charge in [0.2, 0.25) is 5.75 Å². The van der Waals surface area contributed by atoms with Crippen LogP contribution in [0.5, 0.6) is 11.5 Å². The summed E-state index contributed by atoms with van der Waals surface area (Å²) in [7, 11) is 2.16. The lowest BCUT2D eigenvalue weighted by atomic mass is 9.53. The number of carboxylic acid groups (broad SMARTS) is 1. The van der Waals surface area contributed by atoms with Crippen LogP contribution in [0.4, 0.5) is 0 Å². The fourth-order valence-electron chi connectivity index (χ4n) is 5.14. The Balaban J connectivity index is 0.000000385. The number of rotatable bonds is 1. The second kappa shape index (κ2) is 5.82. The van der Waals surface area contributed by atoms with E-state index in [1.165, 1.54) is 5.56 Å². The number of carbonyl (C=O) groups is 2. The van der Waals surface area contributed by atoms with Crippen molar-refractivity contribution in [1.82, 2.24) is 4.90 Å². The summed E-state index contributed by atoms with van der Waals surface area (Å²) in [4.78, 5) is 28.4. The van der Waals surface area contributed by atoms with Crippen molar-refractivity contribution in [3.05, 3.63) is 35.4 Å². The van der Waals surface area contributed by atoms with Crippen LogP contribution in [0.15, 0.2) is 24.3 Å². The minimum absolute atomic E-state index is 0.0208. The van der Waals surface area contributed by atoms with E-state index in [9.17, 15) is 4.79 Å². The highest BCUT2D eigenvalue weighted by atomic mass is 17.1. The lowest BCUT2D eigenvalue weighted by Gasteiger charge is -2.55. The zero-order chi connectivity index (χ0) is 18.6. The van der Waals surface area contributed by atoms with Crippen LogP contribution in [0.3, 0.4) is 0 Å². The first kappa shape index (κ1) is 17.1. The van der Waals surface area contributed by atoms with Gasteiger partial charge in [0.15, 0.2) is 17.6 Å². The summed E-state index contributed by atoms with van der Waals surface area (Å²) in [5.41, 5.74) is 2.02. The molecule has 7 heteroatoms. The van der Waals surface area contributed by atoms with E-state index in [0.29, 0.717) is 17.5 Å². The van der Waals surface area contributed by atoms with E-state index in [4.69, 9.17) is 19.9 Å². The molecule has 0 radical (unpaired) electrons. The average Bonchev–Trinajstić information content (AvgIpc) is 2.94. The molecule has 4 atom stereocenters. The van der Waals surface area contributed by atoms with Gasteiger partial charge in [0.05, 0.1) is 5.41 Å². The Kier molecular flexibility index (Phi) is 3.82. The molecular weight excluding hydrogens is 338 g/mol. The van der Waals surface area contributed by atoms with Crippen LogP contribution in [0.25, 0.3) is 0 Å². The van der Waals surface area contributed by atoms with E-state index in [1.807, 2.05) is 6.07 Å². The van der Waals surface area contributed by atoms with E-state index in [-0.39, 0.29) is 17.1 Å². The minimum atomic E-state index is -0.833. The van der Waals surface area contributed by atoms with Gasteiger partial charge in [-0.2, -0.15) is 0 Å². The number of aliphatic carboxylic acids is 1. The number of carboxylic acids is 1. The molecule has 4 aliphatic rings. The first-order chi connectivity index (χ1) is 12.4. The van der Waals surface area contributed by atoms with E-state index >= 15 is 0 Å². The molecule has 1 saturated heterocycles. The Bertz CT molecular complexity index is 814. The van der Waals surface area contributed by atoms with Crippen molar-refractivity contribution in [2.24, 2.45) is 5.92 Å². The molecule has 138 valence electrons. The molecule has 26 heavy (non-hydrogen) atoms. The van der Waals surface area contributed by atoms with Crippen LogP contribution >= 0.6 is 0 Å². The van der Waals surface area contributed by atoms with E-state index in [2.05, 4.69) is 22.9 Å². The van der Waals surface area contributed by atoms with Crippen molar-refractivity contribution >= 4 is 11.8 Å². The van der Waals surface area contributed by atoms with Gasteiger partial charge in [0, 0.05) is 24.4 Å². The lowest BCUT2D eigenvalue weighted by molar-refractivity contribution is -0.140. The maximum absolute atomic E-state index is 12.5. The molecule has 0 saturated carbocycles. The van der Waals surface area contributed by atoms with Crippen LogP contribution in [0, 0.1) is 5.92 Å². The number of hydrogen-bond donors (Lipinski definition) is 2. The van der Waals surface area contributed by atoms with Crippen LogP contribution in [-0.4, -0.2) is 52.8 Å². The summed E-state index contributed by atoms with van der Waals surface area (Å²) in [5, 5.41) is 16.6. The largest absolute Gasteiger partial charge is 0.481 e. The SMILES string of the molecule is CC(=O)O.CN1CC[C@]23c4c5ccc(OO)c4O[C@H]2C(=O)C=C[C@H]3[C@H]1C5. The maximum Gasteiger partial charge on any atom is 0.300 e. The molecule has 5 rings (SSSR count). The monoisotopic (exact) mass is 359 g/mol. The van der Waals surface area contributed by atoms with Gasteiger partial charge in [-0.15, -0.1) is 0 Å². The summed E-state index contributed by atoms with van der Waals surface area (Å²) in [6.07, 6.45) is 5.10. The van der Waals surface area contributed by atoms with E-state index in [1.54, 1.807) is 12.1 Å². The van der Waals surface area contributed by atoms with Gasteiger partial charge < -0.3 is 19.6 Å². The quantitative estimate of drug-likeness (QED) is 0.581. The van der Waals surface area contributed by atoms with Gasteiger partial charge in [0.1, 0.15) is 0 Å². The maximum atomic E-state index is 12.5. The van der Waals surface area contributed by atoms with Gasteiger partial charge >= 0.3 is 0 Å². The Hall–Kier alpha value is -2.38. The molecule has 1 aromatic rings. The van der Waals surface area contributed by atoms with Gasteiger partial charge in [-0.05, 0) is 44.1 Å². The lowest BCUT2D eigenvalue weighted by Crippen LogP contribution is -2.64. The van der Waals surface area contributed by atoms with Gasteiger partial charge in [-0.1, -0.05) is 12.1 Å². The third-order valence-electron chi connectivity index (χ3n) is 6.08. The third kappa shape index (κ3) is 2.13. The topological polar surface area (TPSA) is 96.3 Å². The molecule has 2 bridgehead atoms. The van der Waals surface area contributed by atoms with Crippen molar-refractivity contribution in [3.8, 4) is 11.5 Å². The highest BCUT2D eigenvalue weighted by Gasteiger charge is 2.64. The second-order valence-corrected chi connectivity index (χ2v) is 7.36. The predicted octanol–water partition coefficient (Wildman–Crippen LogP) is 1.64. The number of carbonyl (C=O) groups excluding carboxylic acids is 1. The molecule has 0 amide bonds. The number of ketones is 1. The Morgan fingerprint density at radius 1 is 1.42 bits per heavy atom. The van der Waals surface area contributed by atoms with Gasteiger partial charge in [0.25, 0.3) is 5.97 Å². The smallest absolute Gasteiger partial charge is 0.300 e. The molecule has 2 aliphatic heterocycles. The van der Waals surface area contributed by atoms with Crippen molar-refractivity contribution in [1.29, 1.82) is 0 Å². The highest BCUT2D eigenvalue weighted by molar-refractivity contribution is 5.98. The molecule has 0 unspecified atom stereocenters. The molecule has 7 nitrogen and oxygen atoms in total. The van der Waals surface area contributed by atoms with Crippen molar-refractivity contribution in [2.45, 2.75) is 37.3 Å². The average molecular weight is 359 g/mol. The predicted molar refractivity (Wildman–Crippen MR) is 91.5 cm³/mol. The number of likely N-dealkylation sites (N-methyl/N-ethyl adjacent to an activating group) is 1. The third-order valence-corrected chi connectivity index (χ3v) is 6.08. The Labute approximate surface area is 150 Å². The summed E-state index contributed by atoms with van der Waals surface area (Å²) < 4.78 is 6.04. The fourth-order valence-corrected chi connectivity index (χ4v) is 5.14. The minimum Gasteiger partial charge on any atom is -0.481 e. The van der Waals surface area contributed by atoms with Gasteiger partial charge in [-0.3, -0.25) is 9.59 Å². The van der Waals surface area contributed by atoms with Crippen LogP contribution in [0.1, 0.15) is 24.5 Å². The molecule has 0 aromatic heterocycles. The van der Waals surface area contributed by atoms with Crippen LogP contribution < -0.4 is 9.62 Å². The molecular formula is C19H21NO6. The molecule has 1 fully saturated rings. The van der Waals surface area contributed by atoms with Crippen molar-refractivity contribution in [2.75, 3.05) is 13.6 Å². The molecule has 2 aliphatic carbocycles. The molecule has 1 spiro atoms. The summed E-state index contributed by atoms with van der Waals surface area (Å²) in [5.74, 6) is 0.339. The standard InChI is InChI=1S/C17H17NO4.C2H4O2/c1-18-7-6-17-10-3-4-12(19)16(17)21-15-13(22-20)5-2-9(14(15)17)8-11(10)18;1-2(3)4/h2-5,10-11,16,20H,6-8H2,1H3;1H3,(H,3,4)/t10-,11+,16-,17-;/m0./s1. The number of ether oxygens (including phenoxy) is 1. The van der Waals surface area contributed by atoms with E-state index < -0.39 is 12.1 Å². The zero-order valence-corrected chi connectivity index (χ0v) is 14.6. The summed E-state index contributed by atoms with van der Waals surface area (Å²) in [6.45, 7) is 2.03. The Morgan fingerprint density at radius 2 is 2.15 bits per heavy atom. The zero-order valence-electron chi connectivity index (χ0n) is 14.6. The van der Waals surface area contributed by atoms with Crippen molar-refractivity contribution in [3.63, 3.8) is 0 Å². The second-order valence-electron chi connectivity index (χ2n) is 7.36. The molecule has 1 aromatic carbocycles.